The molecule has 5 nitrogen and oxygen atoms in total. The van der Waals surface area contributed by atoms with E-state index in [0.717, 1.165) is 11.3 Å². The summed E-state index contributed by atoms with van der Waals surface area (Å²) in [6.07, 6.45) is -0.658. The molecule has 0 amide bonds. The molecule has 1 atom stereocenters. The number of hydrogen-bond acceptors (Lipinski definition) is 5. The fourth-order valence-electron chi connectivity index (χ4n) is 1.92. The van der Waals surface area contributed by atoms with Crippen molar-refractivity contribution in [1.29, 1.82) is 0 Å². The molecule has 0 aliphatic rings. The first-order valence-electron chi connectivity index (χ1n) is 6.89. The number of aliphatic hydroxyl groups is 3. The lowest BCUT2D eigenvalue weighted by Crippen LogP contribution is -2.38. The molecule has 1 unspecified atom stereocenters. The van der Waals surface area contributed by atoms with Crippen LogP contribution < -0.4 is 4.74 Å². The SMILES string of the molecule is Cc1ccc(OCC(O)CN(CCO)CCO)cc1C. The predicted octanol–water partition coefficient (Wildman–Crippen LogP) is 0.330. The number of aliphatic hydroxyl groups excluding tert-OH is 3. The van der Waals surface area contributed by atoms with Gasteiger partial charge < -0.3 is 20.1 Å². The Balaban J connectivity index is 2.41. The Morgan fingerprint density at radius 1 is 1.10 bits per heavy atom. The van der Waals surface area contributed by atoms with E-state index >= 15 is 0 Å². The highest BCUT2D eigenvalue weighted by molar-refractivity contribution is 5.33. The highest BCUT2D eigenvalue weighted by Gasteiger charge is 2.12. The molecule has 1 rings (SSSR count). The van der Waals surface area contributed by atoms with Crippen LogP contribution in [0.1, 0.15) is 11.1 Å². The van der Waals surface area contributed by atoms with Gasteiger partial charge in [-0.05, 0) is 37.1 Å². The van der Waals surface area contributed by atoms with Gasteiger partial charge in [0.05, 0.1) is 13.2 Å². The van der Waals surface area contributed by atoms with Crippen LogP contribution in [0, 0.1) is 13.8 Å². The smallest absolute Gasteiger partial charge is 0.119 e. The Kier molecular flexibility index (Phi) is 7.54. The van der Waals surface area contributed by atoms with Gasteiger partial charge in [0.25, 0.3) is 0 Å². The second-order valence-electron chi connectivity index (χ2n) is 4.96. The first-order chi connectivity index (χ1) is 9.56. The summed E-state index contributed by atoms with van der Waals surface area (Å²) in [7, 11) is 0. The van der Waals surface area contributed by atoms with Crippen molar-refractivity contribution in [3.8, 4) is 5.75 Å². The zero-order chi connectivity index (χ0) is 15.0. The predicted molar refractivity (Wildman–Crippen MR) is 78.0 cm³/mol. The van der Waals surface area contributed by atoms with E-state index in [2.05, 4.69) is 0 Å². The highest BCUT2D eigenvalue weighted by Crippen LogP contribution is 2.16. The van der Waals surface area contributed by atoms with Crippen molar-refractivity contribution in [2.75, 3.05) is 39.5 Å². The second kappa shape index (κ2) is 8.92. The Morgan fingerprint density at radius 2 is 1.75 bits per heavy atom. The van der Waals surface area contributed by atoms with Crippen LogP contribution in [0.25, 0.3) is 0 Å². The first-order valence-corrected chi connectivity index (χ1v) is 6.89. The lowest BCUT2D eigenvalue weighted by atomic mass is 10.1. The molecule has 0 fully saturated rings. The van der Waals surface area contributed by atoms with Gasteiger partial charge >= 0.3 is 0 Å². The molecule has 0 spiro atoms. The lowest BCUT2D eigenvalue weighted by molar-refractivity contribution is 0.0552. The molecule has 114 valence electrons. The molecule has 3 N–H and O–H groups in total. The van der Waals surface area contributed by atoms with E-state index < -0.39 is 6.10 Å². The molecular weight excluding hydrogens is 258 g/mol. The zero-order valence-electron chi connectivity index (χ0n) is 12.2. The van der Waals surface area contributed by atoms with Crippen LogP contribution >= 0.6 is 0 Å². The van der Waals surface area contributed by atoms with Crippen LogP contribution in [0.2, 0.25) is 0 Å². The molecule has 1 aromatic carbocycles. The zero-order valence-corrected chi connectivity index (χ0v) is 12.2. The van der Waals surface area contributed by atoms with Crippen molar-refractivity contribution < 1.29 is 20.1 Å². The maximum Gasteiger partial charge on any atom is 0.119 e. The molecular formula is C15H25NO4. The van der Waals surface area contributed by atoms with Gasteiger partial charge in [-0.1, -0.05) is 6.07 Å². The summed E-state index contributed by atoms with van der Waals surface area (Å²) >= 11 is 0. The Morgan fingerprint density at radius 3 is 2.30 bits per heavy atom. The molecule has 0 radical (unpaired) electrons. The van der Waals surface area contributed by atoms with Crippen LogP contribution in [0.3, 0.4) is 0 Å². The Bertz CT molecular complexity index is 391. The minimum Gasteiger partial charge on any atom is -0.491 e. The van der Waals surface area contributed by atoms with Gasteiger partial charge in [-0.15, -0.1) is 0 Å². The van der Waals surface area contributed by atoms with Gasteiger partial charge in [0.2, 0.25) is 0 Å². The van der Waals surface area contributed by atoms with Crippen LogP contribution in [0.4, 0.5) is 0 Å². The van der Waals surface area contributed by atoms with E-state index in [1.54, 1.807) is 4.90 Å². The fraction of sp³-hybridized carbons (Fsp3) is 0.600. The first kappa shape index (κ1) is 16.9. The monoisotopic (exact) mass is 283 g/mol. The molecule has 0 heterocycles. The lowest BCUT2D eigenvalue weighted by Gasteiger charge is -2.23. The topological polar surface area (TPSA) is 73.2 Å². The molecule has 0 aliphatic heterocycles. The van der Waals surface area contributed by atoms with Gasteiger partial charge in [0.15, 0.2) is 0 Å². The minimum atomic E-state index is -0.658. The summed E-state index contributed by atoms with van der Waals surface area (Å²) in [4.78, 5) is 1.80. The quantitative estimate of drug-likeness (QED) is 0.609. The van der Waals surface area contributed by atoms with E-state index in [4.69, 9.17) is 14.9 Å². The highest BCUT2D eigenvalue weighted by atomic mass is 16.5. The largest absolute Gasteiger partial charge is 0.491 e. The maximum absolute atomic E-state index is 9.93. The minimum absolute atomic E-state index is 0.00470. The molecule has 0 bridgehead atoms. The van der Waals surface area contributed by atoms with Gasteiger partial charge in [-0.2, -0.15) is 0 Å². The molecule has 5 heteroatoms. The summed E-state index contributed by atoms with van der Waals surface area (Å²) in [5, 5.41) is 27.7. The summed E-state index contributed by atoms with van der Waals surface area (Å²) in [5.74, 6) is 0.739. The van der Waals surface area contributed by atoms with E-state index in [-0.39, 0.29) is 19.8 Å². The molecule has 0 aliphatic carbocycles. The summed E-state index contributed by atoms with van der Waals surface area (Å²) < 4.78 is 5.56. The molecule has 20 heavy (non-hydrogen) atoms. The second-order valence-corrected chi connectivity index (χ2v) is 4.96. The fourth-order valence-corrected chi connectivity index (χ4v) is 1.92. The molecule has 1 aromatic rings. The molecule has 0 aromatic heterocycles. The normalized spacial score (nSPS) is 12.7. The van der Waals surface area contributed by atoms with E-state index in [9.17, 15) is 5.11 Å². The standard InChI is InChI=1S/C15H25NO4/c1-12-3-4-15(9-13(12)2)20-11-14(19)10-16(5-7-17)6-8-18/h3-4,9,14,17-19H,5-8,10-11H2,1-2H3. The summed E-state index contributed by atoms with van der Waals surface area (Å²) in [6, 6.07) is 5.82. The number of benzene rings is 1. The van der Waals surface area contributed by atoms with Crippen molar-refractivity contribution in [3.05, 3.63) is 29.3 Å². The Hall–Kier alpha value is -1.14. The third-order valence-electron chi connectivity index (χ3n) is 3.22. The van der Waals surface area contributed by atoms with Crippen molar-refractivity contribution >= 4 is 0 Å². The van der Waals surface area contributed by atoms with Gasteiger partial charge in [0, 0.05) is 19.6 Å². The van der Waals surface area contributed by atoms with Crippen molar-refractivity contribution in [2.45, 2.75) is 20.0 Å². The molecule has 0 saturated heterocycles. The van der Waals surface area contributed by atoms with E-state index in [1.807, 2.05) is 32.0 Å². The van der Waals surface area contributed by atoms with Gasteiger partial charge in [0.1, 0.15) is 18.5 Å². The van der Waals surface area contributed by atoms with Crippen LogP contribution in [0.5, 0.6) is 5.75 Å². The summed E-state index contributed by atoms with van der Waals surface area (Å²) in [5.41, 5.74) is 2.36. The van der Waals surface area contributed by atoms with Crippen molar-refractivity contribution in [3.63, 3.8) is 0 Å². The van der Waals surface area contributed by atoms with E-state index in [0.29, 0.717) is 19.6 Å². The average molecular weight is 283 g/mol. The van der Waals surface area contributed by atoms with Crippen LogP contribution in [0.15, 0.2) is 18.2 Å². The van der Waals surface area contributed by atoms with Crippen LogP contribution in [-0.4, -0.2) is 65.8 Å². The third kappa shape index (κ3) is 5.88. The summed E-state index contributed by atoms with van der Waals surface area (Å²) in [6.45, 7) is 5.48. The number of aryl methyl sites for hydroxylation is 2. The number of nitrogens with zero attached hydrogens (tertiary/aromatic N) is 1. The van der Waals surface area contributed by atoms with Crippen molar-refractivity contribution in [2.24, 2.45) is 0 Å². The average Bonchev–Trinajstić information content (AvgIpc) is 2.41. The number of rotatable bonds is 9. The van der Waals surface area contributed by atoms with Gasteiger partial charge in [-0.3, -0.25) is 4.90 Å². The van der Waals surface area contributed by atoms with Crippen molar-refractivity contribution in [1.82, 2.24) is 4.90 Å². The Labute approximate surface area is 120 Å². The van der Waals surface area contributed by atoms with E-state index in [1.165, 1.54) is 5.56 Å². The number of ether oxygens (including phenoxy) is 1. The third-order valence-corrected chi connectivity index (χ3v) is 3.22. The number of hydrogen-bond donors (Lipinski definition) is 3. The van der Waals surface area contributed by atoms with Crippen LogP contribution in [-0.2, 0) is 0 Å². The van der Waals surface area contributed by atoms with Gasteiger partial charge in [-0.25, -0.2) is 0 Å². The molecule has 0 saturated carbocycles. The maximum atomic E-state index is 9.93.